The Morgan fingerprint density at radius 3 is 2.36 bits per heavy atom. The van der Waals surface area contributed by atoms with Gasteiger partial charge in [-0.05, 0) is 75.0 Å². The fourth-order valence-electron chi connectivity index (χ4n) is 5.38. The minimum Gasteiger partial charge on any atom is -0.768 e. The summed E-state index contributed by atoms with van der Waals surface area (Å²) in [6.45, 7) is 15.1. The van der Waals surface area contributed by atoms with Crippen LogP contribution in [0.5, 0.6) is 5.88 Å². The average Bonchev–Trinajstić information content (AvgIpc) is 2.92. The summed E-state index contributed by atoms with van der Waals surface area (Å²) in [5, 5.41) is 0. The number of benzene rings is 2. The van der Waals surface area contributed by atoms with Crippen LogP contribution in [-0.2, 0) is 11.1 Å². The van der Waals surface area contributed by atoms with Gasteiger partial charge in [-0.15, -0.1) is 0 Å². The minimum absolute atomic E-state index is 0. The van der Waals surface area contributed by atoms with Crippen molar-refractivity contribution in [3.63, 3.8) is 0 Å². The number of nitrogen functional groups attached to an aromatic ring is 1. The second kappa shape index (κ2) is 13.3. The highest BCUT2D eigenvalue weighted by atomic mass is 32.2. The first kappa shape index (κ1) is 31.6. The minimum atomic E-state index is -2.43. The van der Waals surface area contributed by atoms with Gasteiger partial charge in [0.2, 0.25) is 11.8 Å². The largest absolute Gasteiger partial charge is 0.768 e. The molecule has 0 spiro atoms. The molecule has 0 saturated carbocycles. The third kappa shape index (κ3) is 7.91. The van der Waals surface area contributed by atoms with Gasteiger partial charge in [-0.1, -0.05) is 24.3 Å². The van der Waals surface area contributed by atoms with Crippen LogP contribution in [0.25, 0.3) is 11.3 Å². The molecular formula is C31H43N6O4S-. The molecule has 0 aliphatic carbocycles. The standard InChI is InChI=1S/C31H42N6O4S.H2/c1-21-9-7-10-22(2)28(21)26-18-27(34-30(32)33-26)41-24(20-36-13-15-37(16-14-36)31(3,4)5)19-35(6)29(38)23-11-8-12-25(17-23)42(39)40;/h7-12,17-18,24H,13-16,19-20H2,1-6H3,(H,39,40)(H2,32,33,34);1H/p-1. The molecule has 2 N–H and O–H groups in total. The van der Waals surface area contributed by atoms with Gasteiger partial charge < -0.3 is 19.9 Å². The molecule has 2 atom stereocenters. The van der Waals surface area contributed by atoms with Crippen LogP contribution in [0.2, 0.25) is 0 Å². The molecule has 2 heterocycles. The van der Waals surface area contributed by atoms with Crippen molar-refractivity contribution in [2.24, 2.45) is 0 Å². The molecule has 228 valence electrons. The van der Waals surface area contributed by atoms with Gasteiger partial charge in [0.15, 0.2) is 0 Å². The number of hydrogen-bond acceptors (Lipinski definition) is 9. The maximum Gasteiger partial charge on any atom is 0.253 e. The molecule has 10 nitrogen and oxygen atoms in total. The molecule has 1 amide bonds. The lowest BCUT2D eigenvalue weighted by Gasteiger charge is -2.43. The number of piperazine rings is 1. The van der Waals surface area contributed by atoms with Crippen LogP contribution < -0.4 is 10.5 Å². The van der Waals surface area contributed by atoms with E-state index in [-0.39, 0.29) is 30.3 Å². The zero-order chi connectivity index (χ0) is 30.6. The third-order valence-electron chi connectivity index (χ3n) is 7.63. The molecule has 3 aromatic rings. The monoisotopic (exact) mass is 595 g/mol. The van der Waals surface area contributed by atoms with Crippen LogP contribution in [0.15, 0.2) is 53.4 Å². The maximum absolute atomic E-state index is 13.3. The van der Waals surface area contributed by atoms with Gasteiger partial charge in [0.25, 0.3) is 5.91 Å². The number of rotatable bonds is 9. The summed E-state index contributed by atoms with van der Waals surface area (Å²) in [5.41, 5.74) is 10.3. The first-order valence-corrected chi connectivity index (χ1v) is 15.2. The van der Waals surface area contributed by atoms with Gasteiger partial charge in [0.1, 0.15) is 6.10 Å². The number of ether oxygens (including phenoxy) is 1. The van der Waals surface area contributed by atoms with Crippen LogP contribution in [0.3, 0.4) is 0 Å². The molecule has 4 rings (SSSR count). The zero-order valence-corrected chi connectivity index (χ0v) is 26.1. The van der Waals surface area contributed by atoms with Crippen molar-refractivity contribution < 1.29 is 19.7 Å². The Bertz CT molecular complexity index is 1420. The van der Waals surface area contributed by atoms with Crippen molar-refractivity contribution in [2.75, 3.05) is 52.0 Å². The Morgan fingerprint density at radius 2 is 1.74 bits per heavy atom. The number of aromatic nitrogens is 2. The maximum atomic E-state index is 13.3. The quantitative estimate of drug-likeness (QED) is 0.368. The number of carbonyl (C=O) groups is 1. The number of amides is 1. The molecule has 11 heteroatoms. The summed E-state index contributed by atoms with van der Waals surface area (Å²) in [7, 11) is 1.69. The molecule has 1 aromatic heterocycles. The summed E-state index contributed by atoms with van der Waals surface area (Å²) in [6, 6.07) is 13.9. The predicted molar refractivity (Wildman–Crippen MR) is 166 cm³/mol. The highest BCUT2D eigenvalue weighted by Crippen LogP contribution is 2.28. The number of anilines is 1. The van der Waals surface area contributed by atoms with E-state index in [4.69, 9.17) is 10.5 Å². The lowest BCUT2D eigenvalue weighted by atomic mass is 10.00. The van der Waals surface area contributed by atoms with Gasteiger partial charge in [-0.3, -0.25) is 18.8 Å². The van der Waals surface area contributed by atoms with Crippen LogP contribution in [0.4, 0.5) is 5.95 Å². The number of nitrogens with zero attached hydrogens (tertiary/aromatic N) is 5. The number of aryl methyl sites for hydroxylation is 2. The fourth-order valence-corrected chi connectivity index (χ4v) is 5.80. The highest BCUT2D eigenvalue weighted by molar-refractivity contribution is 7.79. The Kier molecular flexibility index (Phi) is 9.98. The topological polar surface area (TPSA) is 128 Å². The van der Waals surface area contributed by atoms with E-state index in [9.17, 15) is 13.6 Å². The van der Waals surface area contributed by atoms with Crippen LogP contribution in [0, 0.1) is 13.8 Å². The second-order valence-electron chi connectivity index (χ2n) is 11.9. The Labute approximate surface area is 252 Å². The van der Waals surface area contributed by atoms with E-state index in [0.29, 0.717) is 23.7 Å². The van der Waals surface area contributed by atoms with E-state index in [1.165, 1.54) is 12.1 Å². The van der Waals surface area contributed by atoms with Gasteiger partial charge >= 0.3 is 0 Å². The summed E-state index contributed by atoms with van der Waals surface area (Å²) in [6.07, 6.45) is -0.433. The molecule has 1 fully saturated rings. The lowest BCUT2D eigenvalue weighted by Crippen LogP contribution is -2.55. The van der Waals surface area contributed by atoms with Crippen molar-refractivity contribution in [1.29, 1.82) is 0 Å². The van der Waals surface area contributed by atoms with Gasteiger partial charge in [0, 0.05) is 68.8 Å². The summed E-state index contributed by atoms with van der Waals surface area (Å²) in [4.78, 5) is 28.6. The Balaban J connectivity index is 0.00000506. The van der Waals surface area contributed by atoms with Crippen LogP contribution in [0.1, 0.15) is 43.7 Å². The van der Waals surface area contributed by atoms with E-state index in [0.717, 1.165) is 42.9 Å². The smallest absolute Gasteiger partial charge is 0.253 e. The fraction of sp³-hybridized carbons (Fsp3) is 0.452. The number of carbonyl (C=O) groups excluding carboxylic acids is 1. The first-order valence-electron chi connectivity index (χ1n) is 14.1. The summed E-state index contributed by atoms with van der Waals surface area (Å²) >= 11 is -2.43. The van der Waals surface area contributed by atoms with Crippen molar-refractivity contribution in [3.05, 3.63) is 65.2 Å². The van der Waals surface area contributed by atoms with Gasteiger partial charge in [0.05, 0.1) is 12.2 Å². The SMILES string of the molecule is Cc1cccc(C)c1-c1cc(OC(CN2CCN(C(C)(C)C)CC2)CN(C)C(=O)c2cccc(S(=O)[O-])c2)nc(N)n1.[HH]. The van der Waals surface area contributed by atoms with Gasteiger partial charge in [-0.2, -0.15) is 4.98 Å². The lowest BCUT2D eigenvalue weighted by molar-refractivity contribution is 0.0327. The molecule has 0 bridgehead atoms. The van der Waals surface area contributed by atoms with Crippen molar-refractivity contribution in [3.8, 4) is 17.1 Å². The van der Waals surface area contributed by atoms with Crippen molar-refractivity contribution in [1.82, 2.24) is 24.7 Å². The summed E-state index contributed by atoms with van der Waals surface area (Å²) < 4.78 is 29.4. The zero-order valence-electron chi connectivity index (χ0n) is 25.3. The van der Waals surface area contributed by atoms with E-state index in [2.05, 4.69) is 40.5 Å². The normalized spacial score (nSPS) is 16.2. The molecule has 1 aliphatic heterocycles. The molecule has 42 heavy (non-hydrogen) atoms. The molecule has 1 aliphatic rings. The highest BCUT2D eigenvalue weighted by Gasteiger charge is 2.29. The molecule has 0 radical (unpaired) electrons. The van der Waals surface area contributed by atoms with Crippen LogP contribution >= 0.6 is 0 Å². The van der Waals surface area contributed by atoms with Gasteiger partial charge in [-0.25, -0.2) is 4.98 Å². The van der Waals surface area contributed by atoms with Crippen LogP contribution in [-0.4, -0.2) is 97.3 Å². The molecule has 2 aromatic carbocycles. The first-order chi connectivity index (χ1) is 19.8. The summed E-state index contributed by atoms with van der Waals surface area (Å²) in [5.74, 6) is 0.143. The number of likely N-dealkylation sites (N-methyl/N-ethyl adjacent to an activating group) is 1. The van der Waals surface area contributed by atoms with Crippen molar-refractivity contribution in [2.45, 2.75) is 51.2 Å². The van der Waals surface area contributed by atoms with E-state index in [1.807, 2.05) is 32.0 Å². The number of hydrogen-bond donors (Lipinski definition) is 1. The second-order valence-corrected chi connectivity index (χ2v) is 12.8. The van der Waals surface area contributed by atoms with E-state index in [1.54, 1.807) is 30.1 Å². The average molecular weight is 596 g/mol. The Hall–Kier alpha value is -3.38. The van der Waals surface area contributed by atoms with E-state index >= 15 is 0 Å². The predicted octanol–water partition coefficient (Wildman–Crippen LogP) is 3.76. The van der Waals surface area contributed by atoms with E-state index < -0.39 is 17.2 Å². The third-order valence-corrected chi connectivity index (χ3v) is 8.26. The van der Waals surface area contributed by atoms with Crippen molar-refractivity contribution >= 4 is 22.9 Å². The Morgan fingerprint density at radius 1 is 1.10 bits per heavy atom. The molecule has 2 unspecified atom stereocenters. The molecular weight excluding hydrogens is 552 g/mol. The molecule has 1 saturated heterocycles. The number of nitrogens with two attached hydrogens (primary N) is 1.